The van der Waals surface area contributed by atoms with E-state index in [1.54, 1.807) is 6.07 Å². The van der Waals surface area contributed by atoms with Crippen LogP contribution in [-0.4, -0.2) is 56.3 Å². The lowest BCUT2D eigenvalue weighted by Crippen LogP contribution is -2.49. The van der Waals surface area contributed by atoms with E-state index in [1.165, 1.54) is 6.07 Å². The number of aromatic amines is 1. The van der Waals surface area contributed by atoms with Gasteiger partial charge in [-0.25, -0.2) is 9.07 Å². The van der Waals surface area contributed by atoms with Gasteiger partial charge in [0.2, 0.25) is 0 Å². The first kappa shape index (κ1) is 23.8. The largest absolute Gasteiger partial charge is 0.367 e. The Morgan fingerprint density at radius 2 is 1.78 bits per heavy atom. The number of aryl methyl sites for hydroxylation is 2. The van der Waals surface area contributed by atoms with Crippen molar-refractivity contribution in [2.75, 3.05) is 31.1 Å². The Hall–Kier alpha value is -3.59. The summed E-state index contributed by atoms with van der Waals surface area (Å²) >= 11 is 0. The number of para-hydroxylation sites is 1. The van der Waals surface area contributed by atoms with Crippen molar-refractivity contribution >= 4 is 16.6 Å². The number of H-pyrrole nitrogens is 1. The van der Waals surface area contributed by atoms with Gasteiger partial charge in [-0.2, -0.15) is 0 Å². The number of fused-ring (bicyclic) bond motifs is 1. The van der Waals surface area contributed by atoms with Crippen LogP contribution in [0, 0.1) is 19.7 Å². The van der Waals surface area contributed by atoms with E-state index in [0.717, 1.165) is 47.7 Å². The topological polar surface area (TPSA) is 82.9 Å². The summed E-state index contributed by atoms with van der Waals surface area (Å²) in [5.41, 5.74) is 4.20. The van der Waals surface area contributed by atoms with Crippen molar-refractivity contribution in [3.05, 3.63) is 81.2 Å². The van der Waals surface area contributed by atoms with Crippen molar-refractivity contribution in [1.82, 2.24) is 30.1 Å². The number of rotatable bonds is 5. The number of nitrogens with one attached hydrogen (secondary N) is 1. The van der Waals surface area contributed by atoms with Crippen molar-refractivity contribution in [2.45, 2.75) is 51.6 Å². The third-order valence-electron chi connectivity index (χ3n) is 7.94. The molecule has 4 aromatic rings. The van der Waals surface area contributed by atoms with E-state index in [9.17, 15) is 9.18 Å². The minimum absolute atomic E-state index is 0.125. The maximum absolute atomic E-state index is 14.5. The molecule has 0 bridgehead atoms. The molecule has 6 rings (SSSR count). The molecule has 1 N–H and O–H groups in total. The smallest absolute Gasteiger partial charge is 0.253 e. The van der Waals surface area contributed by atoms with Crippen molar-refractivity contribution in [2.24, 2.45) is 0 Å². The van der Waals surface area contributed by atoms with Gasteiger partial charge in [-0.3, -0.25) is 9.69 Å². The number of benzene rings is 2. The molecule has 0 radical (unpaired) electrons. The monoisotopic (exact) mass is 501 g/mol. The van der Waals surface area contributed by atoms with Crippen LogP contribution >= 0.6 is 0 Å². The molecule has 9 heteroatoms. The van der Waals surface area contributed by atoms with E-state index in [4.69, 9.17) is 0 Å². The number of tetrazole rings is 1. The third-order valence-corrected chi connectivity index (χ3v) is 7.94. The molecular formula is C28H32FN7O. The Kier molecular flexibility index (Phi) is 6.24. The molecule has 8 nitrogen and oxygen atoms in total. The van der Waals surface area contributed by atoms with Crippen LogP contribution in [0.25, 0.3) is 10.9 Å². The number of anilines is 1. The zero-order valence-electron chi connectivity index (χ0n) is 21.3. The Morgan fingerprint density at radius 1 is 1.03 bits per heavy atom. The average molecular weight is 502 g/mol. The molecule has 0 spiro atoms. The number of hydrogen-bond donors (Lipinski definition) is 1. The van der Waals surface area contributed by atoms with Gasteiger partial charge in [0, 0.05) is 42.6 Å². The van der Waals surface area contributed by atoms with Gasteiger partial charge in [0.1, 0.15) is 11.9 Å². The molecule has 2 fully saturated rings. The highest BCUT2D eigenvalue weighted by Crippen LogP contribution is 2.35. The number of pyridine rings is 1. The molecule has 2 aromatic heterocycles. The summed E-state index contributed by atoms with van der Waals surface area (Å²) in [5.74, 6) is 0.496. The highest BCUT2D eigenvalue weighted by Gasteiger charge is 2.35. The van der Waals surface area contributed by atoms with Gasteiger partial charge in [-0.15, -0.1) is 5.10 Å². The summed E-state index contributed by atoms with van der Waals surface area (Å²) in [4.78, 5) is 21.1. The molecule has 1 saturated carbocycles. The predicted molar refractivity (Wildman–Crippen MR) is 141 cm³/mol. The molecule has 2 aromatic carbocycles. The fourth-order valence-corrected chi connectivity index (χ4v) is 6.11. The van der Waals surface area contributed by atoms with Crippen LogP contribution in [0.2, 0.25) is 0 Å². The highest BCUT2D eigenvalue weighted by molar-refractivity contribution is 5.83. The molecular weight excluding hydrogens is 469 g/mol. The predicted octanol–water partition coefficient (Wildman–Crippen LogP) is 4.30. The Bertz CT molecular complexity index is 1480. The van der Waals surface area contributed by atoms with Crippen LogP contribution in [0.5, 0.6) is 0 Å². The normalized spacial score (nSPS) is 18.1. The molecule has 1 aliphatic carbocycles. The standard InChI is InChI=1S/C28H32FN7O/c1-18-15-19(2)21-17-22(28(37)30-24(21)16-18)26(27-31-32-33-36(27)20-7-3-4-8-20)35-13-11-34(12-14-35)25-10-6-5-9-23(25)29/h5-6,9-10,15-17,20,26H,3-4,7-8,11-14H2,1-2H3,(H,30,37). The zero-order chi connectivity index (χ0) is 25.5. The molecule has 2 aliphatic rings. The fourth-order valence-electron chi connectivity index (χ4n) is 6.11. The third kappa shape index (κ3) is 4.41. The van der Waals surface area contributed by atoms with Crippen molar-refractivity contribution in [3.8, 4) is 0 Å². The summed E-state index contributed by atoms with van der Waals surface area (Å²) in [7, 11) is 0. The lowest BCUT2D eigenvalue weighted by Gasteiger charge is -2.39. The van der Waals surface area contributed by atoms with E-state index in [2.05, 4.69) is 43.3 Å². The van der Waals surface area contributed by atoms with E-state index in [0.29, 0.717) is 43.3 Å². The second-order valence-electron chi connectivity index (χ2n) is 10.4. The summed E-state index contributed by atoms with van der Waals surface area (Å²) in [6, 6.07) is 12.9. The summed E-state index contributed by atoms with van der Waals surface area (Å²) < 4.78 is 16.4. The zero-order valence-corrected chi connectivity index (χ0v) is 21.3. The van der Waals surface area contributed by atoms with Gasteiger partial charge in [0.25, 0.3) is 5.56 Å². The second-order valence-corrected chi connectivity index (χ2v) is 10.4. The van der Waals surface area contributed by atoms with Gasteiger partial charge in [-0.1, -0.05) is 31.0 Å². The molecule has 3 heterocycles. The van der Waals surface area contributed by atoms with E-state index < -0.39 is 6.04 Å². The summed E-state index contributed by atoms with van der Waals surface area (Å²) in [6.07, 6.45) is 4.40. The van der Waals surface area contributed by atoms with Gasteiger partial charge >= 0.3 is 0 Å². The van der Waals surface area contributed by atoms with Gasteiger partial charge in [0.05, 0.1) is 11.7 Å². The first-order chi connectivity index (χ1) is 18.0. The molecule has 1 saturated heterocycles. The molecule has 1 aliphatic heterocycles. The molecule has 1 unspecified atom stereocenters. The molecule has 192 valence electrons. The van der Waals surface area contributed by atoms with Crippen molar-refractivity contribution in [1.29, 1.82) is 0 Å². The van der Waals surface area contributed by atoms with Crippen LogP contribution in [0.3, 0.4) is 0 Å². The van der Waals surface area contributed by atoms with Crippen molar-refractivity contribution in [3.63, 3.8) is 0 Å². The first-order valence-electron chi connectivity index (χ1n) is 13.1. The fraction of sp³-hybridized carbons (Fsp3) is 0.429. The average Bonchev–Trinajstić information content (AvgIpc) is 3.58. The van der Waals surface area contributed by atoms with Crippen LogP contribution in [-0.2, 0) is 0 Å². The van der Waals surface area contributed by atoms with Gasteiger partial charge < -0.3 is 9.88 Å². The maximum Gasteiger partial charge on any atom is 0.253 e. The Morgan fingerprint density at radius 3 is 2.54 bits per heavy atom. The number of nitrogens with zero attached hydrogens (tertiary/aromatic N) is 6. The van der Waals surface area contributed by atoms with E-state index in [1.807, 2.05) is 35.9 Å². The van der Waals surface area contributed by atoms with Gasteiger partial charge in [0.15, 0.2) is 5.82 Å². The molecule has 0 amide bonds. The van der Waals surface area contributed by atoms with Gasteiger partial charge in [-0.05, 0) is 72.5 Å². The second kappa shape index (κ2) is 9.70. The minimum atomic E-state index is -0.396. The minimum Gasteiger partial charge on any atom is -0.367 e. The maximum atomic E-state index is 14.5. The Labute approximate surface area is 215 Å². The lowest BCUT2D eigenvalue weighted by molar-refractivity contribution is 0.196. The number of aromatic nitrogens is 5. The highest BCUT2D eigenvalue weighted by atomic mass is 19.1. The van der Waals surface area contributed by atoms with Crippen LogP contribution in [0.15, 0.2) is 47.3 Å². The van der Waals surface area contributed by atoms with Crippen LogP contribution in [0.1, 0.15) is 60.3 Å². The lowest BCUT2D eigenvalue weighted by atomic mass is 9.99. The van der Waals surface area contributed by atoms with E-state index >= 15 is 0 Å². The number of piperazine rings is 1. The number of halogens is 1. The van der Waals surface area contributed by atoms with Crippen LogP contribution < -0.4 is 10.5 Å². The first-order valence-corrected chi connectivity index (χ1v) is 13.1. The van der Waals surface area contributed by atoms with E-state index in [-0.39, 0.29) is 17.4 Å². The summed E-state index contributed by atoms with van der Waals surface area (Å²) in [6.45, 7) is 6.70. The number of hydrogen-bond acceptors (Lipinski definition) is 6. The quantitative estimate of drug-likeness (QED) is 0.439. The Balaban J connectivity index is 1.41. The van der Waals surface area contributed by atoms with Crippen molar-refractivity contribution < 1.29 is 4.39 Å². The molecule has 1 atom stereocenters. The van der Waals surface area contributed by atoms with Crippen LogP contribution in [0.4, 0.5) is 10.1 Å². The summed E-state index contributed by atoms with van der Waals surface area (Å²) in [5, 5.41) is 14.0. The molecule has 37 heavy (non-hydrogen) atoms. The SMILES string of the molecule is Cc1cc(C)c2cc(C(c3nnnn3C3CCCC3)N3CCN(c4ccccc4F)CC3)c(=O)[nH]c2c1.